The number of hydrogen-bond donors (Lipinski definition) is 0. The lowest BCUT2D eigenvalue weighted by Crippen LogP contribution is -2.55. The van der Waals surface area contributed by atoms with E-state index in [1.54, 1.807) is 11.1 Å². The minimum Gasteiger partial charge on any atom is -0.456 e. The van der Waals surface area contributed by atoms with Crippen LogP contribution in [0, 0.1) is 23.7 Å². The van der Waals surface area contributed by atoms with E-state index in [1.807, 2.05) is 0 Å². The molecule has 1 heterocycles. The van der Waals surface area contributed by atoms with Crippen LogP contribution in [0.3, 0.4) is 0 Å². The summed E-state index contributed by atoms with van der Waals surface area (Å²) in [5.41, 5.74) is 13.5. The van der Waals surface area contributed by atoms with Gasteiger partial charge in [0, 0.05) is 16.2 Å². The van der Waals surface area contributed by atoms with Crippen molar-refractivity contribution in [2.75, 3.05) is 0 Å². The molecule has 12 rings (SSSR count). The first-order valence-electron chi connectivity index (χ1n) is 16.9. The van der Waals surface area contributed by atoms with Gasteiger partial charge in [0.2, 0.25) is 0 Å². The van der Waals surface area contributed by atoms with Crippen molar-refractivity contribution in [3.05, 3.63) is 132 Å². The van der Waals surface area contributed by atoms with E-state index >= 15 is 0 Å². The lowest BCUT2D eigenvalue weighted by Gasteiger charge is -2.61. The molecular formula is C44H34O. The number of hydrogen-bond acceptors (Lipinski definition) is 1. The van der Waals surface area contributed by atoms with Crippen molar-refractivity contribution in [2.45, 2.75) is 37.5 Å². The first-order valence-corrected chi connectivity index (χ1v) is 16.9. The van der Waals surface area contributed by atoms with Crippen LogP contribution in [0.4, 0.5) is 0 Å². The normalized spacial score (nSPS) is 25.9. The highest BCUT2D eigenvalue weighted by Gasteiger charge is 2.61. The Hall–Kier alpha value is -4.62. The van der Waals surface area contributed by atoms with Crippen molar-refractivity contribution in [1.29, 1.82) is 0 Å². The SMILES string of the molecule is c1ccc2c(c1)-c1c(ccc(-c3ccc4ccccc4c3)c1-c1ccc3oc4ccccc4c3c1)C21C2CC3CC(C2)CC1C3. The van der Waals surface area contributed by atoms with Crippen LogP contribution in [0.1, 0.15) is 43.2 Å². The largest absolute Gasteiger partial charge is 0.456 e. The van der Waals surface area contributed by atoms with Crippen molar-refractivity contribution in [3.8, 4) is 33.4 Å². The van der Waals surface area contributed by atoms with E-state index in [9.17, 15) is 0 Å². The zero-order valence-electron chi connectivity index (χ0n) is 25.3. The van der Waals surface area contributed by atoms with Gasteiger partial charge in [-0.2, -0.15) is 0 Å². The van der Waals surface area contributed by atoms with Gasteiger partial charge in [0.15, 0.2) is 0 Å². The molecule has 1 spiro atoms. The Labute approximate surface area is 263 Å². The number of para-hydroxylation sites is 1. The Bertz CT molecular complexity index is 2320. The van der Waals surface area contributed by atoms with E-state index < -0.39 is 0 Å². The average Bonchev–Trinajstić information content (AvgIpc) is 3.60. The maximum Gasteiger partial charge on any atom is 0.135 e. The zero-order valence-corrected chi connectivity index (χ0v) is 25.3. The topological polar surface area (TPSA) is 13.1 Å². The Kier molecular flexibility index (Phi) is 4.80. The van der Waals surface area contributed by atoms with Gasteiger partial charge in [-0.3, -0.25) is 0 Å². The summed E-state index contributed by atoms with van der Waals surface area (Å²) in [7, 11) is 0. The third-order valence-corrected chi connectivity index (χ3v) is 12.4. The molecule has 0 unspecified atom stereocenters. The van der Waals surface area contributed by atoms with E-state index in [0.717, 1.165) is 34.8 Å². The molecule has 0 amide bonds. The number of fused-ring (bicyclic) bond motifs is 7. The first-order chi connectivity index (χ1) is 22.3. The number of benzene rings is 6. The van der Waals surface area contributed by atoms with Gasteiger partial charge < -0.3 is 4.42 Å². The van der Waals surface area contributed by atoms with Gasteiger partial charge >= 0.3 is 0 Å². The Morgan fingerprint density at radius 1 is 0.467 bits per heavy atom. The second-order valence-corrected chi connectivity index (χ2v) is 14.5. The fraction of sp³-hybridized carbons (Fsp3) is 0.227. The quantitative estimate of drug-likeness (QED) is 0.199. The second kappa shape index (κ2) is 8.76. The molecule has 0 radical (unpaired) electrons. The number of rotatable bonds is 2. The molecule has 7 aromatic rings. The van der Waals surface area contributed by atoms with Gasteiger partial charge in [0.1, 0.15) is 11.2 Å². The molecule has 1 aromatic heterocycles. The molecule has 1 nitrogen and oxygen atoms in total. The van der Waals surface area contributed by atoms with Crippen LogP contribution in [0.5, 0.6) is 0 Å². The molecule has 45 heavy (non-hydrogen) atoms. The molecule has 0 atom stereocenters. The van der Waals surface area contributed by atoms with Crippen LogP contribution in [-0.2, 0) is 5.41 Å². The molecule has 0 aliphatic heterocycles. The highest BCUT2D eigenvalue weighted by atomic mass is 16.3. The summed E-state index contributed by atoms with van der Waals surface area (Å²) in [6, 6.07) is 45.7. The predicted octanol–water partition coefficient (Wildman–Crippen LogP) is 11.8. The van der Waals surface area contributed by atoms with Crippen molar-refractivity contribution in [3.63, 3.8) is 0 Å². The Morgan fingerprint density at radius 2 is 1.18 bits per heavy atom. The predicted molar refractivity (Wildman–Crippen MR) is 185 cm³/mol. The molecule has 1 heteroatoms. The lowest BCUT2D eigenvalue weighted by atomic mass is 9.43. The highest BCUT2D eigenvalue weighted by molar-refractivity contribution is 6.09. The minimum absolute atomic E-state index is 0.141. The third-order valence-electron chi connectivity index (χ3n) is 12.4. The zero-order chi connectivity index (χ0) is 29.3. The highest BCUT2D eigenvalue weighted by Crippen LogP contribution is 2.70. The third kappa shape index (κ3) is 3.19. The van der Waals surface area contributed by atoms with Crippen LogP contribution in [0.2, 0.25) is 0 Å². The van der Waals surface area contributed by atoms with Crippen LogP contribution < -0.4 is 0 Å². The summed E-state index contributed by atoms with van der Waals surface area (Å²) in [5.74, 6) is 3.36. The fourth-order valence-electron chi connectivity index (χ4n) is 11.0. The van der Waals surface area contributed by atoms with Gasteiger partial charge in [-0.05, 0) is 135 Å². The maximum absolute atomic E-state index is 6.31. The van der Waals surface area contributed by atoms with Crippen molar-refractivity contribution >= 4 is 32.7 Å². The van der Waals surface area contributed by atoms with Crippen molar-refractivity contribution < 1.29 is 4.42 Å². The standard InChI is InChI=1S/C44H34O/c1-2-8-29-24-30(14-13-28(29)7-1)34-16-17-39-43(42(34)31-15-18-41-37(25-31)35-9-4-6-12-40(35)45-41)36-10-3-5-11-38(36)44(39)32-20-26-19-27(22-32)23-33(44)21-26/h1-18,24-27,32-33H,19-23H2. The molecule has 4 bridgehead atoms. The van der Waals surface area contributed by atoms with E-state index in [2.05, 4.69) is 121 Å². The monoisotopic (exact) mass is 578 g/mol. The van der Waals surface area contributed by atoms with E-state index in [-0.39, 0.29) is 5.41 Å². The van der Waals surface area contributed by atoms with E-state index in [1.165, 1.54) is 87.0 Å². The van der Waals surface area contributed by atoms with Crippen LogP contribution in [0.15, 0.2) is 126 Å². The van der Waals surface area contributed by atoms with E-state index in [4.69, 9.17) is 4.42 Å². The smallest absolute Gasteiger partial charge is 0.135 e. The van der Waals surface area contributed by atoms with Gasteiger partial charge in [0.25, 0.3) is 0 Å². The molecule has 0 N–H and O–H groups in total. The van der Waals surface area contributed by atoms with Gasteiger partial charge in [-0.1, -0.05) is 97.1 Å². The molecule has 4 saturated carbocycles. The molecule has 4 fully saturated rings. The summed E-state index contributed by atoms with van der Waals surface area (Å²) in [6.45, 7) is 0. The van der Waals surface area contributed by atoms with Crippen LogP contribution in [0.25, 0.3) is 66.1 Å². The van der Waals surface area contributed by atoms with Crippen molar-refractivity contribution in [2.24, 2.45) is 23.7 Å². The summed E-state index contributed by atoms with van der Waals surface area (Å²) < 4.78 is 6.31. The molecule has 216 valence electrons. The molecule has 6 aromatic carbocycles. The van der Waals surface area contributed by atoms with Crippen LogP contribution >= 0.6 is 0 Å². The van der Waals surface area contributed by atoms with E-state index in [0.29, 0.717) is 0 Å². The molecule has 5 aliphatic carbocycles. The molecule has 0 saturated heterocycles. The maximum atomic E-state index is 6.31. The summed E-state index contributed by atoms with van der Waals surface area (Å²) >= 11 is 0. The Balaban J connectivity index is 1.24. The van der Waals surface area contributed by atoms with Gasteiger partial charge in [-0.15, -0.1) is 0 Å². The number of furan rings is 1. The van der Waals surface area contributed by atoms with Gasteiger partial charge in [-0.25, -0.2) is 0 Å². The summed E-state index contributed by atoms with van der Waals surface area (Å²) in [4.78, 5) is 0. The van der Waals surface area contributed by atoms with Gasteiger partial charge in [0.05, 0.1) is 0 Å². The van der Waals surface area contributed by atoms with Crippen molar-refractivity contribution in [1.82, 2.24) is 0 Å². The van der Waals surface area contributed by atoms with Crippen LogP contribution in [-0.4, -0.2) is 0 Å². The first kappa shape index (κ1) is 24.7. The molecular weight excluding hydrogens is 544 g/mol. The second-order valence-electron chi connectivity index (χ2n) is 14.5. The Morgan fingerprint density at radius 3 is 2.04 bits per heavy atom. The fourth-order valence-corrected chi connectivity index (χ4v) is 11.0. The summed E-state index contributed by atoms with van der Waals surface area (Å²) in [6.07, 6.45) is 7.07. The minimum atomic E-state index is 0.141. The summed E-state index contributed by atoms with van der Waals surface area (Å²) in [5, 5.41) is 4.96. The lowest BCUT2D eigenvalue weighted by molar-refractivity contribution is -0.0399. The average molecular weight is 579 g/mol. The molecule has 5 aliphatic rings.